The molecule has 0 fully saturated rings. The van der Waals surface area contributed by atoms with Crippen molar-refractivity contribution in [3.8, 4) is 62.1 Å². The maximum Gasteiger partial charge on any atom is 0.268 e. The second-order valence-corrected chi connectivity index (χ2v) is 25.4. The van der Waals surface area contributed by atoms with E-state index >= 15 is 0 Å². The van der Waals surface area contributed by atoms with Gasteiger partial charge in [0.2, 0.25) is 0 Å². The van der Waals surface area contributed by atoms with E-state index in [1.165, 1.54) is 18.3 Å². The number of nitrogens with zero attached hydrogens (tertiary/aromatic N) is 4. The van der Waals surface area contributed by atoms with E-state index in [0.717, 1.165) is 31.5 Å². The molecule has 3 aromatic heterocycles. The van der Waals surface area contributed by atoms with Gasteiger partial charge in [-0.2, -0.15) is 18.2 Å². The number of pyridine rings is 1. The maximum absolute atomic E-state index is 9.36. The number of imidazole rings is 1. The predicted molar refractivity (Wildman–Crippen MR) is 348 cm³/mol. The van der Waals surface area contributed by atoms with Crippen LogP contribution in [0.1, 0.15) is 59.4 Å². The quantitative estimate of drug-likeness (QED) is 0.0529. The summed E-state index contributed by atoms with van der Waals surface area (Å²) in [6, 6.07) is 66.6. The SMILES string of the molecule is [2H]c1c([2H])c([2H])c(-c2cc(C(C)(C)C)cc(-c3c([2H])c([2H])c([2H])c([2H])c3[2H])c2-[n+]2[c-]n(-c3[c-]c(Oc4[c-]c5c(cc4)c4cc([Si](c6ccccc6)(c6ccccc6)c6ccccc6)ccc4n5-c4cc(C([2H])([2H])[2H])c(-c5ccccc5C([2H])([2H])[2H])cn4)ccc3)c3ccccc32)c([2H])c1[2H].[Pt]. The summed E-state index contributed by atoms with van der Waals surface area (Å²) in [5.41, 5.74) is 2.59. The molecular weight excluding hydrogens is 1230 g/mol. The van der Waals surface area contributed by atoms with Crippen molar-refractivity contribution in [3.63, 3.8) is 0 Å². The molecule has 0 amide bonds. The number of benzene rings is 11. The van der Waals surface area contributed by atoms with Crippen LogP contribution in [-0.4, -0.2) is 22.2 Å². The van der Waals surface area contributed by atoms with Gasteiger partial charge in [0.25, 0.3) is 6.33 Å². The Morgan fingerprint density at radius 3 is 1.75 bits per heavy atom. The summed E-state index contributed by atoms with van der Waals surface area (Å²) in [5, 5.41) is 6.06. The van der Waals surface area contributed by atoms with E-state index in [-0.39, 0.29) is 88.6 Å². The Morgan fingerprint density at radius 1 is 0.518 bits per heavy atom. The molecule has 11 aromatic carbocycles. The molecule has 414 valence electrons. The molecule has 0 aliphatic rings. The number of hydrogen-bond donors (Lipinski definition) is 0. The Kier molecular flexibility index (Phi) is 10.4. The van der Waals surface area contributed by atoms with Crippen LogP contribution in [0.25, 0.3) is 83.4 Å². The minimum Gasteiger partial charge on any atom is -0.510 e. The molecule has 5 nitrogen and oxygen atoms in total. The first-order chi connectivity index (χ1) is 47.7. The first kappa shape index (κ1) is 39.2. The number of rotatable bonds is 12. The topological polar surface area (TPSA) is 35.9 Å². The fourth-order valence-corrected chi connectivity index (χ4v) is 16.4. The molecule has 0 unspecified atom stereocenters. The van der Waals surface area contributed by atoms with E-state index in [1.807, 2.05) is 67.8 Å². The van der Waals surface area contributed by atoms with Gasteiger partial charge >= 0.3 is 0 Å². The number of hydrogen-bond acceptors (Lipinski definition) is 2. The Hall–Kier alpha value is -9.45. The van der Waals surface area contributed by atoms with Crippen molar-refractivity contribution >= 4 is 61.7 Å². The molecule has 0 saturated heterocycles. The van der Waals surface area contributed by atoms with Crippen molar-refractivity contribution in [3.05, 3.63) is 308 Å². The zero-order valence-corrected chi connectivity index (χ0v) is 49.5. The number of aryl methyl sites for hydroxylation is 2. The van der Waals surface area contributed by atoms with E-state index in [0.29, 0.717) is 33.3 Å². The molecule has 0 radical (unpaired) electrons. The summed E-state index contributed by atoms with van der Waals surface area (Å²) in [7, 11) is -3.13. The molecule has 14 aromatic rings. The van der Waals surface area contributed by atoms with E-state index in [1.54, 1.807) is 75.9 Å². The van der Waals surface area contributed by atoms with Crippen LogP contribution < -0.4 is 30.1 Å². The number of para-hydroxylation sites is 2. The first-order valence-electron chi connectivity index (χ1n) is 35.5. The molecule has 0 N–H and O–H groups in total. The maximum atomic E-state index is 9.36. The minimum absolute atomic E-state index is 0. The van der Waals surface area contributed by atoms with Crippen molar-refractivity contribution in [1.82, 2.24) is 14.1 Å². The van der Waals surface area contributed by atoms with Gasteiger partial charge < -0.3 is 13.9 Å². The van der Waals surface area contributed by atoms with Gasteiger partial charge in [0.05, 0.1) is 30.4 Å². The number of ether oxygens (including phenoxy) is 1. The van der Waals surface area contributed by atoms with Gasteiger partial charge in [-0.05, 0) is 108 Å². The van der Waals surface area contributed by atoms with Crippen molar-refractivity contribution in [2.45, 2.75) is 39.9 Å². The standard InChI is InChI=1S/C78H60N4OSi.Pt/c1-54-26-21-22-39-66(54)71-52-79-76(46-55(71)2)82-72-45-43-65(84(62-33-15-8-16-34-62,63-35-17-9-18-36-63)64-37-19-10-20-38-64)51-70(72)67-44-42-61(50-75(67)82)83-60-32-25-31-59(49-60)80-53-81(74-41-24-23-40-73(74)80)77-68(56-27-11-6-12-28-56)47-58(78(3,4)5)48-69(77)57-29-13-7-14-30-57;/h6-48,51-52H,1-5H3;/q-2;/i1D3,2D3,6D,7D,11D,12D,13D,14D,27D,28D,29D,30D;. The third kappa shape index (κ3) is 9.85. The molecule has 85 heavy (non-hydrogen) atoms. The fourth-order valence-electron chi connectivity index (χ4n) is 11.6. The smallest absolute Gasteiger partial charge is 0.268 e. The van der Waals surface area contributed by atoms with Crippen LogP contribution in [0.4, 0.5) is 0 Å². The van der Waals surface area contributed by atoms with E-state index in [4.69, 9.17) is 26.2 Å². The van der Waals surface area contributed by atoms with Crippen molar-refractivity contribution in [1.29, 1.82) is 0 Å². The molecule has 0 atom stereocenters. The molecule has 0 saturated carbocycles. The Balaban J connectivity index is 0.00000912. The van der Waals surface area contributed by atoms with Crippen LogP contribution in [0.2, 0.25) is 0 Å². The average Bonchev–Trinajstić information content (AvgIpc) is 1.64. The van der Waals surface area contributed by atoms with Gasteiger partial charge in [-0.1, -0.05) is 251 Å². The summed E-state index contributed by atoms with van der Waals surface area (Å²) in [5.74, 6) is 0.664. The zero-order valence-electron chi connectivity index (χ0n) is 62.2. The summed E-state index contributed by atoms with van der Waals surface area (Å²) < 4.78 is 154. The van der Waals surface area contributed by atoms with Gasteiger partial charge in [-0.25, -0.2) is 4.98 Å². The monoisotopic (exact) mass is 1310 g/mol. The molecule has 3 heterocycles. The van der Waals surface area contributed by atoms with Crippen molar-refractivity contribution in [2.24, 2.45) is 0 Å². The summed E-state index contributed by atoms with van der Waals surface area (Å²) in [6.45, 7) is 0.424. The van der Waals surface area contributed by atoms with Gasteiger partial charge in [-0.3, -0.25) is 4.57 Å². The fraction of sp³-hybridized carbons (Fsp3) is 0.0769. The van der Waals surface area contributed by atoms with E-state index < -0.39 is 87.6 Å². The summed E-state index contributed by atoms with van der Waals surface area (Å²) >= 11 is 0. The van der Waals surface area contributed by atoms with E-state index in [2.05, 4.69) is 103 Å². The van der Waals surface area contributed by atoms with Gasteiger partial charge in [-0.15, -0.1) is 29.7 Å². The van der Waals surface area contributed by atoms with Crippen molar-refractivity contribution in [2.75, 3.05) is 0 Å². The normalized spacial score (nSPS) is 14.7. The third-order valence-corrected chi connectivity index (χ3v) is 20.3. The van der Waals surface area contributed by atoms with Crippen LogP contribution in [-0.2, 0) is 26.5 Å². The van der Waals surface area contributed by atoms with Gasteiger partial charge in [0, 0.05) is 58.1 Å². The van der Waals surface area contributed by atoms with Crippen LogP contribution in [0, 0.1) is 32.2 Å². The molecule has 0 bridgehead atoms. The number of fused-ring (bicyclic) bond motifs is 4. The third-order valence-electron chi connectivity index (χ3n) is 15.6. The molecular formula is C78H60N4OPtSi-2. The molecule has 0 spiro atoms. The summed E-state index contributed by atoms with van der Waals surface area (Å²) in [6.07, 6.45) is 4.88. The average molecular weight is 1310 g/mol. The molecule has 0 aliphatic carbocycles. The second-order valence-electron chi connectivity index (χ2n) is 21.6. The first-order valence-corrected chi connectivity index (χ1v) is 29.5. The predicted octanol–water partition coefficient (Wildman–Crippen LogP) is 15.9. The van der Waals surface area contributed by atoms with Crippen LogP contribution >= 0.6 is 0 Å². The van der Waals surface area contributed by atoms with Crippen LogP contribution in [0.15, 0.2) is 273 Å². The molecule has 14 rings (SSSR count). The largest absolute Gasteiger partial charge is 0.510 e. The Bertz CT molecular complexity index is 5380. The van der Waals surface area contributed by atoms with Crippen LogP contribution in [0.5, 0.6) is 11.5 Å². The molecule has 0 aliphatic heterocycles. The Labute approximate surface area is 535 Å². The Morgan fingerprint density at radius 2 is 1.12 bits per heavy atom. The summed E-state index contributed by atoms with van der Waals surface area (Å²) in [4.78, 5) is 4.99. The van der Waals surface area contributed by atoms with Crippen molar-refractivity contribution < 1.29 is 52.3 Å². The van der Waals surface area contributed by atoms with Gasteiger partial charge in [0.15, 0.2) is 8.07 Å². The van der Waals surface area contributed by atoms with E-state index in [9.17, 15) is 5.48 Å². The second kappa shape index (κ2) is 22.6. The molecule has 7 heteroatoms. The number of aromatic nitrogens is 4. The zero-order chi connectivity index (χ0) is 70.6. The van der Waals surface area contributed by atoms with Gasteiger partial charge in [0.1, 0.15) is 5.82 Å². The minimum atomic E-state index is -3.13. The van der Waals surface area contributed by atoms with Crippen LogP contribution in [0.3, 0.4) is 0 Å².